The number of anilines is 2. The molecule has 2 N–H and O–H groups in total. The summed E-state index contributed by atoms with van der Waals surface area (Å²) in [6.07, 6.45) is 1.68. The highest BCUT2D eigenvalue weighted by molar-refractivity contribution is 6.32. The van der Waals surface area contributed by atoms with E-state index in [1.54, 1.807) is 36.3 Å². The van der Waals surface area contributed by atoms with Gasteiger partial charge >= 0.3 is 6.03 Å². The molecule has 3 aromatic rings. The van der Waals surface area contributed by atoms with Crippen molar-refractivity contribution in [3.05, 3.63) is 88.7 Å². The van der Waals surface area contributed by atoms with Gasteiger partial charge in [-0.25, -0.2) is 4.79 Å². The van der Waals surface area contributed by atoms with Gasteiger partial charge in [0.1, 0.15) is 6.54 Å². The molecule has 2 heterocycles. The second-order valence-electron chi connectivity index (χ2n) is 6.99. The normalized spacial score (nSPS) is 13.2. The number of amides is 3. The Bertz CT molecular complexity index is 1150. The van der Waals surface area contributed by atoms with Crippen LogP contribution in [0.3, 0.4) is 0 Å². The first kappa shape index (κ1) is 20.6. The van der Waals surface area contributed by atoms with Gasteiger partial charge in [0.05, 0.1) is 23.6 Å². The standard InChI is InChI=1S/C23H20ClN5O2/c1-29-20-10-7-16(24)12-19(20)22(26-14-21(29)30)15-5-8-17(9-6-15)28-23(31)27-13-18-4-2-3-11-25-18/h2-12H,13-14H2,1H3,(H2,27,28,31). The molecule has 156 valence electrons. The first-order valence-corrected chi connectivity index (χ1v) is 10.0. The number of hydrogen-bond acceptors (Lipinski definition) is 4. The third kappa shape index (κ3) is 4.73. The predicted molar refractivity (Wildman–Crippen MR) is 122 cm³/mol. The van der Waals surface area contributed by atoms with Gasteiger partial charge in [0.25, 0.3) is 0 Å². The SMILES string of the molecule is CN1C(=O)CN=C(c2ccc(NC(=O)NCc3ccccn3)cc2)c2cc(Cl)ccc21. The molecule has 0 radical (unpaired) electrons. The molecule has 1 aromatic heterocycles. The van der Waals surface area contributed by atoms with E-state index >= 15 is 0 Å². The number of pyridine rings is 1. The Kier molecular flexibility index (Phi) is 5.95. The Hall–Kier alpha value is -3.71. The maximum absolute atomic E-state index is 12.3. The Labute approximate surface area is 184 Å². The highest BCUT2D eigenvalue weighted by Gasteiger charge is 2.22. The van der Waals surface area contributed by atoms with Crippen LogP contribution in [0.1, 0.15) is 16.8 Å². The van der Waals surface area contributed by atoms with Crippen LogP contribution in [0.25, 0.3) is 0 Å². The van der Waals surface area contributed by atoms with Crippen LogP contribution in [0.15, 0.2) is 71.9 Å². The average Bonchev–Trinajstić information content (AvgIpc) is 2.90. The fourth-order valence-corrected chi connectivity index (χ4v) is 3.44. The summed E-state index contributed by atoms with van der Waals surface area (Å²) in [5, 5.41) is 6.13. The number of halogens is 1. The summed E-state index contributed by atoms with van der Waals surface area (Å²) < 4.78 is 0. The van der Waals surface area contributed by atoms with Crippen molar-refractivity contribution in [3.8, 4) is 0 Å². The fraction of sp³-hybridized carbons (Fsp3) is 0.130. The van der Waals surface area contributed by atoms with Crippen molar-refractivity contribution in [2.75, 3.05) is 23.8 Å². The summed E-state index contributed by atoms with van der Waals surface area (Å²) in [6.45, 7) is 0.384. The van der Waals surface area contributed by atoms with E-state index in [2.05, 4.69) is 20.6 Å². The second-order valence-corrected chi connectivity index (χ2v) is 7.42. The van der Waals surface area contributed by atoms with E-state index in [0.29, 0.717) is 23.0 Å². The molecule has 1 aliphatic heterocycles. The number of carbonyl (C=O) groups is 2. The number of likely N-dealkylation sites (N-methyl/N-ethyl adjacent to an activating group) is 1. The maximum Gasteiger partial charge on any atom is 0.319 e. The number of urea groups is 1. The summed E-state index contributed by atoms with van der Waals surface area (Å²) in [6, 6.07) is 17.9. The van der Waals surface area contributed by atoms with Gasteiger partial charge in [-0.2, -0.15) is 0 Å². The second kappa shape index (κ2) is 8.97. The number of benzene rings is 2. The molecule has 31 heavy (non-hydrogen) atoms. The lowest BCUT2D eigenvalue weighted by Gasteiger charge is -2.18. The zero-order chi connectivity index (χ0) is 21.8. The van der Waals surface area contributed by atoms with Crippen molar-refractivity contribution in [1.29, 1.82) is 0 Å². The molecule has 2 aromatic carbocycles. The smallest absolute Gasteiger partial charge is 0.319 e. The molecule has 7 nitrogen and oxygen atoms in total. The minimum Gasteiger partial charge on any atom is -0.332 e. The number of rotatable bonds is 4. The summed E-state index contributed by atoms with van der Waals surface area (Å²) in [5.74, 6) is -0.0959. The third-order valence-electron chi connectivity index (χ3n) is 4.89. The number of aromatic nitrogens is 1. The molecule has 0 saturated heterocycles. The average molecular weight is 434 g/mol. The molecule has 0 atom stereocenters. The van der Waals surface area contributed by atoms with Crippen molar-refractivity contribution >= 4 is 40.6 Å². The van der Waals surface area contributed by atoms with E-state index < -0.39 is 0 Å². The van der Waals surface area contributed by atoms with Crippen molar-refractivity contribution < 1.29 is 9.59 Å². The number of benzodiazepines with no additional fused rings is 1. The van der Waals surface area contributed by atoms with E-state index in [9.17, 15) is 9.59 Å². The Morgan fingerprint density at radius 1 is 1.13 bits per heavy atom. The van der Waals surface area contributed by atoms with Gasteiger partial charge < -0.3 is 15.5 Å². The molecule has 0 unspecified atom stereocenters. The lowest BCUT2D eigenvalue weighted by Crippen LogP contribution is -2.28. The summed E-state index contributed by atoms with van der Waals surface area (Å²) in [7, 11) is 1.73. The molecule has 0 spiro atoms. The zero-order valence-electron chi connectivity index (χ0n) is 16.8. The van der Waals surface area contributed by atoms with E-state index in [4.69, 9.17) is 11.6 Å². The number of carbonyl (C=O) groups excluding carboxylic acids is 2. The van der Waals surface area contributed by atoms with Crippen LogP contribution in [0.4, 0.5) is 16.2 Å². The minimum absolute atomic E-state index is 0.0497. The van der Waals surface area contributed by atoms with E-state index in [1.807, 2.05) is 42.5 Å². The van der Waals surface area contributed by atoms with Crippen LogP contribution in [-0.2, 0) is 11.3 Å². The number of nitrogens with zero attached hydrogens (tertiary/aromatic N) is 3. The van der Waals surface area contributed by atoms with Crippen LogP contribution in [0.2, 0.25) is 5.02 Å². The van der Waals surface area contributed by atoms with Gasteiger partial charge in [0, 0.05) is 35.1 Å². The highest BCUT2D eigenvalue weighted by Crippen LogP contribution is 2.29. The lowest BCUT2D eigenvalue weighted by molar-refractivity contribution is -0.116. The molecular formula is C23H20ClN5O2. The van der Waals surface area contributed by atoms with Gasteiger partial charge in [0.15, 0.2) is 0 Å². The van der Waals surface area contributed by atoms with E-state index in [1.165, 1.54) is 0 Å². The number of aliphatic imine (C=N–C) groups is 1. The third-order valence-corrected chi connectivity index (χ3v) is 5.13. The number of hydrogen-bond donors (Lipinski definition) is 2. The van der Waals surface area contributed by atoms with Gasteiger partial charge in [0.2, 0.25) is 5.91 Å². The maximum atomic E-state index is 12.3. The molecule has 8 heteroatoms. The Balaban J connectivity index is 1.50. The zero-order valence-corrected chi connectivity index (χ0v) is 17.6. The molecule has 0 aliphatic carbocycles. The monoisotopic (exact) mass is 433 g/mol. The first-order chi connectivity index (χ1) is 15.0. The van der Waals surface area contributed by atoms with Crippen LogP contribution in [0.5, 0.6) is 0 Å². The molecule has 3 amide bonds. The molecule has 0 bridgehead atoms. The molecule has 0 fully saturated rings. The predicted octanol–water partition coefficient (Wildman–Crippen LogP) is 3.87. The van der Waals surface area contributed by atoms with E-state index in [0.717, 1.165) is 22.5 Å². The van der Waals surface area contributed by atoms with Crippen LogP contribution < -0.4 is 15.5 Å². The van der Waals surface area contributed by atoms with E-state index in [-0.39, 0.29) is 18.5 Å². The summed E-state index contributed by atoms with van der Waals surface area (Å²) >= 11 is 6.21. The van der Waals surface area contributed by atoms with Crippen molar-refractivity contribution in [2.45, 2.75) is 6.54 Å². The number of nitrogens with one attached hydrogen (secondary N) is 2. The number of fused-ring (bicyclic) bond motifs is 1. The van der Waals surface area contributed by atoms with Crippen molar-refractivity contribution in [3.63, 3.8) is 0 Å². The van der Waals surface area contributed by atoms with Crippen LogP contribution in [-0.4, -0.2) is 36.2 Å². The molecule has 4 rings (SSSR count). The highest BCUT2D eigenvalue weighted by atomic mass is 35.5. The Morgan fingerprint density at radius 3 is 2.68 bits per heavy atom. The first-order valence-electron chi connectivity index (χ1n) is 9.67. The molecule has 1 aliphatic rings. The largest absolute Gasteiger partial charge is 0.332 e. The van der Waals surface area contributed by atoms with Gasteiger partial charge in [-0.3, -0.25) is 14.8 Å². The van der Waals surface area contributed by atoms with Crippen molar-refractivity contribution in [2.24, 2.45) is 4.99 Å². The molecule has 0 saturated carbocycles. The lowest BCUT2D eigenvalue weighted by atomic mass is 10.00. The van der Waals surface area contributed by atoms with Gasteiger partial charge in [-0.1, -0.05) is 29.8 Å². The molecular weight excluding hydrogens is 414 g/mol. The summed E-state index contributed by atoms with van der Waals surface area (Å²) in [4.78, 5) is 34.7. The van der Waals surface area contributed by atoms with Gasteiger partial charge in [-0.15, -0.1) is 0 Å². The Morgan fingerprint density at radius 2 is 1.94 bits per heavy atom. The van der Waals surface area contributed by atoms with Gasteiger partial charge in [-0.05, 0) is 42.5 Å². The van der Waals surface area contributed by atoms with Crippen LogP contribution in [0, 0.1) is 0 Å². The topological polar surface area (TPSA) is 86.7 Å². The fourth-order valence-electron chi connectivity index (χ4n) is 3.27. The minimum atomic E-state index is -0.324. The van der Waals surface area contributed by atoms with Crippen LogP contribution >= 0.6 is 11.6 Å². The summed E-state index contributed by atoms with van der Waals surface area (Å²) in [5.41, 5.74) is 4.45. The quantitative estimate of drug-likeness (QED) is 0.654. The van der Waals surface area contributed by atoms with Crippen molar-refractivity contribution in [1.82, 2.24) is 10.3 Å².